The highest BCUT2D eigenvalue weighted by Crippen LogP contribution is 2.19. The molecule has 0 aromatic heterocycles. The smallest absolute Gasteiger partial charge is 0.325 e. The summed E-state index contributed by atoms with van der Waals surface area (Å²) in [6.45, 7) is 3.92. The van der Waals surface area contributed by atoms with Gasteiger partial charge in [0.15, 0.2) is 0 Å². The first kappa shape index (κ1) is 13.9. The highest BCUT2D eigenvalue weighted by atomic mass is 16.4. The van der Waals surface area contributed by atoms with E-state index in [1.165, 1.54) is 20.8 Å². The van der Waals surface area contributed by atoms with E-state index >= 15 is 0 Å². The minimum absolute atomic E-state index is 0.372. The summed E-state index contributed by atoms with van der Waals surface area (Å²) in [6, 6.07) is -1.07. The van der Waals surface area contributed by atoms with Crippen molar-refractivity contribution in [2.45, 2.75) is 32.9 Å². The van der Waals surface area contributed by atoms with Crippen molar-refractivity contribution in [3.8, 4) is 0 Å². The van der Waals surface area contributed by atoms with Crippen molar-refractivity contribution < 1.29 is 24.9 Å². The Labute approximate surface area is 87.9 Å². The number of aliphatic hydroxyl groups is 2. The normalized spacial score (nSPS) is 15.5. The fourth-order valence-electron chi connectivity index (χ4n) is 0.795. The number of nitrogens with one attached hydrogen (secondary N) is 1. The second-order valence-electron chi connectivity index (χ2n) is 4.12. The lowest BCUT2D eigenvalue weighted by Gasteiger charge is -2.27. The molecule has 0 rings (SSSR count). The van der Waals surface area contributed by atoms with Crippen LogP contribution < -0.4 is 5.32 Å². The molecule has 2 atom stereocenters. The van der Waals surface area contributed by atoms with E-state index in [-0.39, 0.29) is 6.61 Å². The summed E-state index contributed by atoms with van der Waals surface area (Å²) < 4.78 is 0. The summed E-state index contributed by atoms with van der Waals surface area (Å²) in [5, 5.41) is 29.1. The molecule has 0 saturated carbocycles. The van der Waals surface area contributed by atoms with Crippen LogP contribution in [0, 0.1) is 5.41 Å². The maximum absolute atomic E-state index is 11.3. The van der Waals surface area contributed by atoms with E-state index in [1.54, 1.807) is 0 Å². The molecule has 0 unspecified atom stereocenters. The van der Waals surface area contributed by atoms with Gasteiger partial charge in [0.1, 0.15) is 12.1 Å². The van der Waals surface area contributed by atoms with E-state index in [4.69, 9.17) is 10.2 Å². The zero-order chi connectivity index (χ0) is 12.2. The molecule has 0 aromatic carbocycles. The van der Waals surface area contributed by atoms with Crippen LogP contribution in [0.5, 0.6) is 0 Å². The fraction of sp³-hybridized carbons (Fsp3) is 0.778. The summed E-state index contributed by atoms with van der Waals surface area (Å²) in [5.74, 6) is -1.98. The Morgan fingerprint density at radius 1 is 1.40 bits per heavy atom. The monoisotopic (exact) mass is 219 g/mol. The topological polar surface area (TPSA) is 107 Å². The van der Waals surface area contributed by atoms with Crippen molar-refractivity contribution in [1.82, 2.24) is 5.32 Å². The molecule has 88 valence electrons. The quantitative estimate of drug-likeness (QED) is 0.472. The molecule has 0 spiro atoms. The van der Waals surface area contributed by atoms with Gasteiger partial charge in [-0.3, -0.25) is 9.59 Å². The van der Waals surface area contributed by atoms with Gasteiger partial charge in [0.2, 0.25) is 5.91 Å². The zero-order valence-corrected chi connectivity index (χ0v) is 9.02. The molecule has 0 saturated heterocycles. The lowest BCUT2D eigenvalue weighted by Crippen LogP contribution is -2.49. The average Bonchev–Trinajstić information content (AvgIpc) is 2.16. The number of carboxylic acids is 1. The molecule has 0 aliphatic carbocycles. The van der Waals surface area contributed by atoms with Crippen LogP contribution in [0.2, 0.25) is 0 Å². The molecule has 15 heavy (non-hydrogen) atoms. The lowest BCUT2D eigenvalue weighted by molar-refractivity contribution is -0.145. The predicted molar refractivity (Wildman–Crippen MR) is 52.1 cm³/mol. The number of amides is 1. The Kier molecular flexibility index (Phi) is 4.70. The number of carbonyl (C=O) groups excluding carboxylic acids is 1. The third-order valence-electron chi connectivity index (χ3n) is 2.13. The first-order valence-electron chi connectivity index (χ1n) is 4.54. The van der Waals surface area contributed by atoms with Crippen molar-refractivity contribution in [2.75, 3.05) is 6.61 Å². The van der Waals surface area contributed by atoms with Crippen LogP contribution in [0.15, 0.2) is 0 Å². The minimum Gasteiger partial charge on any atom is -0.480 e. The second kappa shape index (κ2) is 5.09. The van der Waals surface area contributed by atoms with Crippen LogP contribution in [0.1, 0.15) is 20.8 Å². The van der Waals surface area contributed by atoms with Gasteiger partial charge in [0.05, 0.1) is 6.61 Å². The maximum atomic E-state index is 11.3. The van der Waals surface area contributed by atoms with Gasteiger partial charge in [-0.25, -0.2) is 0 Å². The molecule has 4 N–H and O–H groups in total. The summed E-state index contributed by atoms with van der Waals surface area (Å²) in [4.78, 5) is 21.8. The molecule has 0 aliphatic rings. The fourth-order valence-corrected chi connectivity index (χ4v) is 0.795. The number of rotatable bonds is 5. The molecule has 0 aromatic rings. The highest BCUT2D eigenvalue weighted by molar-refractivity contribution is 5.86. The highest BCUT2D eigenvalue weighted by Gasteiger charge is 2.34. The van der Waals surface area contributed by atoms with Gasteiger partial charge in [-0.2, -0.15) is 0 Å². The van der Waals surface area contributed by atoms with Gasteiger partial charge in [-0.05, 0) is 6.92 Å². The largest absolute Gasteiger partial charge is 0.480 e. The van der Waals surface area contributed by atoms with E-state index in [0.717, 1.165) is 0 Å². The van der Waals surface area contributed by atoms with E-state index < -0.39 is 29.4 Å². The van der Waals surface area contributed by atoms with E-state index in [0.29, 0.717) is 0 Å². The van der Waals surface area contributed by atoms with Gasteiger partial charge in [-0.1, -0.05) is 13.8 Å². The summed E-state index contributed by atoms with van der Waals surface area (Å²) >= 11 is 0. The van der Waals surface area contributed by atoms with Crippen LogP contribution in [-0.4, -0.2) is 45.9 Å². The molecule has 0 bridgehead atoms. The lowest BCUT2D eigenvalue weighted by atomic mass is 9.87. The first-order chi connectivity index (χ1) is 6.72. The second-order valence-corrected chi connectivity index (χ2v) is 4.12. The number of hydrogen-bond acceptors (Lipinski definition) is 4. The molecule has 1 amide bonds. The standard InChI is InChI=1S/C9H17NO5/c1-5(8(14)15)10-7(13)6(12)9(2,3)4-11/h5-6,11-12H,4H2,1-3H3,(H,10,13)(H,14,15)/t5-,6-/m1/s1. The van der Waals surface area contributed by atoms with E-state index in [2.05, 4.69) is 5.32 Å². The summed E-state index contributed by atoms with van der Waals surface area (Å²) in [7, 11) is 0. The van der Waals surface area contributed by atoms with Gasteiger partial charge in [0.25, 0.3) is 0 Å². The van der Waals surface area contributed by atoms with Gasteiger partial charge < -0.3 is 20.6 Å². The Morgan fingerprint density at radius 3 is 2.20 bits per heavy atom. The first-order valence-corrected chi connectivity index (χ1v) is 4.54. The molecule has 6 heteroatoms. The summed E-state index contributed by atoms with van der Waals surface area (Å²) in [6.07, 6.45) is -1.44. The van der Waals surface area contributed by atoms with Crippen molar-refractivity contribution in [3.63, 3.8) is 0 Å². The number of carbonyl (C=O) groups is 2. The Bertz CT molecular complexity index is 251. The van der Waals surface area contributed by atoms with Crippen LogP contribution in [-0.2, 0) is 9.59 Å². The number of aliphatic hydroxyl groups excluding tert-OH is 2. The molecule has 0 fully saturated rings. The SMILES string of the molecule is C[C@@H](NC(=O)[C@@H](O)C(C)(C)CO)C(=O)O. The third-order valence-corrected chi connectivity index (χ3v) is 2.13. The van der Waals surface area contributed by atoms with Crippen molar-refractivity contribution in [3.05, 3.63) is 0 Å². The molecular formula is C9H17NO5. The van der Waals surface area contributed by atoms with Crippen molar-refractivity contribution in [2.24, 2.45) is 5.41 Å². The van der Waals surface area contributed by atoms with Gasteiger partial charge >= 0.3 is 5.97 Å². The zero-order valence-electron chi connectivity index (χ0n) is 9.02. The van der Waals surface area contributed by atoms with Gasteiger partial charge in [-0.15, -0.1) is 0 Å². The molecule has 0 heterocycles. The Morgan fingerprint density at radius 2 is 1.87 bits per heavy atom. The number of carboxylic acid groups (broad SMARTS) is 1. The predicted octanol–water partition coefficient (Wildman–Crippen LogP) is -1.04. The van der Waals surface area contributed by atoms with Crippen molar-refractivity contribution >= 4 is 11.9 Å². The Hall–Kier alpha value is -1.14. The van der Waals surface area contributed by atoms with Crippen LogP contribution >= 0.6 is 0 Å². The van der Waals surface area contributed by atoms with E-state index in [9.17, 15) is 14.7 Å². The Balaban J connectivity index is 4.40. The van der Waals surface area contributed by atoms with Gasteiger partial charge in [0, 0.05) is 5.41 Å². The molecule has 6 nitrogen and oxygen atoms in total. The summed E-state index contributed by atoms with van der Waals surface area (Å²) in [5.41, 5.74) is -0.998. The third kappa shape index (κ3) is 3.85. The maximum Gasteiger partial charge on any atom is 0.325 e. The molecular weight excluding hydrogens is 202 g/mol. The van der Waals surface area contributed by atoms with Crippen LogP contribution in [0.3, 0.4) is 0 Å². The van der Waals surface area contributed by atoms with E-state index in [1.807, 2.05) is 0 Å². The van der Waals surface area contributed by atoms with Crippen LogP contribution in [0.4, 0.5) is 0 Å². The van der Waals surface area contributed by atoms with Crippen molar-refractivity contribution in [1.29, 1.82) is 0 Å². The molecule has 0 aliphatic heterocycles. The average molecular weight is 219 g/mol. The number of aliphatic carboxylic acids is 1. The minimum atomic E-state index is -1.44. The molecule has 0 radical (unpaired) electrons. The van der Waals surface area contributed by atoms with Crippen LogP contribution in [0.25, 0.3) is 0 Å². The number of hydrogen-bond donors (Lipinski definition) is 4.